The molecule has 0 radical (unpaired) electrons. The van der Waals surface area contributed by atoms with Gasteiger partial charge in [0.05, 0.1) is 5.02 Å². The van der Waals surface area contributed by atoms with Crippen molar-refractivity contribution in [3.63, 3.8) is 0 Å². The number of benzene rings is 1. The Labute approximate surface area is 129 Å². The number of nitrogens with zero attached hydrogens (tertiary/aromatic N) is 2. The highest BCUT2D eigenvalue weighted by molar-refractivity contribution is 6.32. The van der Waals surface area contributed by atoms with Crippen LogP contribution in [-0.4, -0.2) is 58.2 Å². The van der Waals surface area contributed by atoms with E-state index in [4.69, 9.17) is 11.6 Å². The molecule has 2 unspecified atom stereocenters. The second-order valence-corrected chi connectivity index (χ2v) is 5.84. The molecule has 0 aliphatic carbocycles. The lowest BCUT2D eigenvalue weighted by molar-refractivity contribution is -0.145. The Morgan fingerprint density at radius 3 is 2.71 bits per heavy atom. The van der Waals surface area contributed by atoms with Gasteiger partial charge in [-0.2, -0.15) is 0 Å². The van der Waals surface area contributed by atoms with E-state index in [0.717, 1.165) is 19.6 Å². The van der Waals surface area contributed by atoms with Crippen LogP contribution in [0.25, 0.3) is 0 Å². The molecular formula is C15H21ClN2O3. The molecule has 0 spiro atoms. The normalized spacial score (nSPS) is 22.1. The van der Waals surface area contributed by atoms with Crippen molar-refractivity contribution in [3.8, 4) is 5.75 Å². The Hall–Kier alpha value is -1.30. The number of carboxylic acids is 1. The number of phenolic OH excluding ortho intramolecular Hbond substituents is 1. The van der Waals surface area contributed by atoms with Crippen molar-refractivity contribution in [3.05, 3.63) is 28.8 Å². The number of rotatable bonds is 4. The van der Waals surface area contributed by atoms with E-state index in [0.29, 0.717) is 12.1 Å². The first-order valence-corrected chi connectivity index (χ1v) is 7.51. The SMILES string of the molecule is CCN1CCN(C(C(=O)O)c2ccc(O)c(Cl)c2)C(C)C1. The Balaban J connectivity index is 2.27. The molecule has 1 fully saturated rings. The number of hydrogen-bond donors (Lipinski definition) is 2. The number of halogens is 1. The summed E-state index contributed by atoms with van der Waals surface area (Å²) in [6.07, 6.45) is 0. The molecule has 0 aromatic heterocycles. The zero-order valence-electron chi connectivity index (χ0n) is 12.3. The first-order chi connectivity index (χ1) is 9.93. The fourth-order valence-electron chi connectivity index (χ4n) is 2.89. The van der Waals surface area contributed by atoms with Crippen molar-refractivity contribution >= 4 is 17.6 Å². The van der Waals surface area contributed by atoms with Crippen molar-refractivity contribution in [2.75, 3.05) is 26.2 Å². The predicted molar refractivity (Wildman–Crippen MR) is 81.8 cm³/mol. The van der Waals surface area contributed by atoms with Crippen molar-refractivity contribution < 1.29 is 15.0 Å². The molecule has 1 aromatic rings. The summed E-state index contributed by atoms with van der Waals surface area (Å²) in [6, 6.07) is 4.01. The lowest BCUT2D eigenvalue weighted by Gasteiger charge is -2.42. The quantitative estimate of drug-likeness (QED) is 0.892. The van der Waals surface area contributed by atoms with Crippen molar-refractivity contribution in [2.45, 2.75) is 25.9 Å². The highest BCUT2D eigenvalue weighted by atomic mass is 35.5. The minimum atomic E-state index is -0.895. The summed E-state index contributed by atoms with van der Waals surface area (Å²) in [4.78, 5) is 16.0. The maximum Gasteiger partial charge on any atom is 0.325 e. The molecule has 0 bridgehead atoms. The molecule has 21 heavy (non-hydrogen) atoms. The number of likely N-dealkylation sites (N-methyl/N-ethyl adjacent to an activating group) is 1. The van der Waals surface area contributed by atoms with Gasteiger partial charge in [-0.15, -0.1) is 0 Å². The van der Waals surface area contributed by atoms with Crippen LogP contribution in [0.3, 0.4) is 0 Å². The highest BCUT2D eigenvalue weighted by Gasteiger charge is 2.34. The van der Waals surface area contributed by atoms with Gasteiger partial charge in [-0.05, 0) is 31.2 Å². The second-order valence-electron chi connectivity index (χ2n) is 5.43. The number of phenols is 1. The minimum Gasteiger partial charge on any atom is -0.506 e. The Morgan fingerprint density at radius 2 is 2.19 bits per heavy atom. The van der Waals surface area contributed by atoms with Gasteiger partial charge in [-0.3, -0.25) is 9.69 Å². The molecule has 5 nitrogen and oxygen atoms in total. The lowest BCUT2D eigenvalue weighted by Crippen LogP contribution is -2.54. The smallest absolute Gasteiger partial charge is 0.325 e. The fourth-order valence-corrected chi connectivity index (χ4v) is 3.08. The molecule has 1 aliphatic rings. The van der Waals surface area contributed by atoms with Gasteiger partial charge in [0.15, 0.2) is 0 Å². The van der Waals surface area contributed by atoms with E-state index < -0.39 is 12.0 Å². The molecule has 116 valence electrons. The van der Waals surface area contributed by atoms with E-state index >= 15 is 0 Å². The maximum atomic E-state index is 11.7. The summed E-state index contributed by atoms with van der Waals surface area (Å²) in [5, 5.41) is 19.3. The highest BCUT2D eigenvalue weighted by Crippen LogP contribution is 2.31. The van der Waals surface area contributed by atoms with Gasteiger partial charge in [0.2, 0.25) is 0 Å². The molecule has 1 saturated heterocycles. The second kappa shape index (κ2) is 6.64. The topological polar surface area (TPSA) is 64.0 Å². The molecule has 2 rings (SSSR count). The Kier molecular flexibility index (Phi) is 5.08. The van der Waals surface area contributed by atoms with Crippen molar-refractivity contribution in [2.24, 2.45) is 0 Å². The molecule has 1 aliphatic heterocycles. The van der Waals surface area contributed by atoms with Crippen LogP contribution in [0.1, 0.15) is 25.5 Å². The summed E-state index contributed by atoms with van der Waals surface area (Å²) in [6.45, 7) is 7.53. The van der Waals surface area contributed by atoms with E-state index in [9.17, 15) is 15.0 Å². The Bertz CT molecular complexity index is 524. The monoisotopic (exact) mass is 312 g/mol. The number of aromatic hydroxyl groups is 1. The molecular weight excluding hydrogens is 292 g/mol. The van der Waals surface area contributed by atoms with Crippen LogP contribution in [0.15, 0.2) is 18.2 Å². The predicted octanol–water partition coefficient (Wildman–Crippen LogP) is 2.20. The third kappa shape index (κ3) is 3.48. The largest absolute Gasteiger partial charge is 0.506 e. The zero-order valence-corrected chi connectivity index (χ0v) is 13.0. The molecule has 2 N–H and O–H groups in total. The van der Waals surface area contributed by atoms with Crippen molar-refractivity contribution in [1.29, 1.82) is 0 Å². The summed E-state index contributed by atoms with van der Waals surface area (Å²) >= 11 is 5.91. The van der Waals surface area contributed by atoms with Crippen LogP contribution in [0, 0.1) is 0 Å². The summed E-state index contributed by atoms with van der Waals surface area (Å²) < 4.78 is 0. The number of aliphatic carboxylic acids is 1. The van der Waals surface area contributed by atoms with Crippen LogP contribution >= 0.6 is 11.6 Å². The van der Waals surface area contributed by atoms with Crippen LogP contribution < -0.4 is 0 Å². The molecule has 2 atom stereocenters. The third-order valence-electron chi connectivity index (χ3n) is 4.06. The number of hydrogen-bond acceptors (Lipinski definition) is 4. The Morgan fingerprint density at radius 1 is 1.48 bits per heavy atom. The van der Waals surface area contributed by atoms with E-state index in [1.54, 1.807) is 6.07 Å². The molecule has 0 amide bonds. The van der Waals surface area contributed by atoms with Gasteiger partial charge in [0.25, 0.3) is 0 Å². The molecule has 0 saturated carbocycles. The van der Waals surface area contributed by atoms with Crippen LogP contribution in [0.4, 0.5) is 0 Å². The molecule has 1 heterocycles. The van der Waals surface area contributed by atoms with E-state index in [2.05, 4.69) is 11.8 Å². The molecule has 6 heteroatoms. The van der Waals surface area contributed by atoms with Crippen LogP contribution in [0.5, 0.6) is 5.75 Å². The fraction of sp³-hybridized carbons (Fsp3) is 0.533. The third-order valence-corrected chi connectivity index (χ3v) is 4.37. The lowest BCUT2D eigenvalue weighted by atomic mass is 10.0. The van der Waals surface area contributed by atoms with Gasteiger partial charge in [0.1, 0.15) is 11.8 Å². The average Bonchev–Trinajstić information content (AvgIpc) is 2.44. The van der Waals surface area contributed by atoms with Gasteiger partial charge in [0, 0.05) is 25.7 Å². The average molecular weight is 313 g/mol. The first-order valence-electron chi connectivity index (χ1n) is 7.13. The first kappa shape index (κ1) is 16.1. The minimum absolute atomic E-state index is 0.0339. The van der Waals surface area contributed by atoms with Gasteiger partial charge < -0.3 is 15.1 Å². The van der Waals surface area contributed by atoms with Crippen LogP contribution in [-0.2, 0) is 4.79 Å². The summed E-state index contributed by atoms with van der Waals surface area (Å²) in [7, 11) is 0. The zero-order chi connectivity index (χ0) is 15.6. The van der Waals surface area contributed by atoms with Gasteiger partial charge >= 0.3 is 5.97 Å². The molecule has 1 aromatic carbocycles. The van der Waals surface area contributed by atoms with Gasteiger partial charge in [-0.25, -0.2) is 0 Å². The van der Waals surface area contributed by atoms with E-state index in [1.807, 2.05) is 11.8 Å². The number of carboxylic acid groups (broad SMARTS) is 1. The van der Waals surface area contributed by atoms with Crippen LogP contribution in [0.2, 0.25) is 5.02 Å². The van der Waals surface area contributed by atoms with E-state index in [1.165, 1.54) is 12.1 Å². The van der Waals surface area contributed by atoms with Crippen molar-refractivity contribution in [1.82, 2.24) is 9.80 Å². The summed E-state index contributed by atoms with van der Waals surface area (Å²) in [5.41, 5.74) is 0.599. The standard InChI is InChI=1S/C15H21ClN2O3/c1-3-17-6-7-18(10(2)9-17)14(15(20)21)11-4-5-13(19)12(16)8-11/h4-5,8,10,14,19H,3,6-7,9H2,1-2H3,(H,20,21). The number of carbonyl (C=O) groups is 1. The number of piperazine rings is 1. The van der Waals surface area contributed by atoms with Gasteiger partial charge in [-0.1, -0.05) is 24.6 Å². The van der Waals surface area contributed by atoms with E-state index in [-0.39, 0.29) is 16.8 Å². The maximum absolute atomic E-state index is 11.7. The summed E-state index contributed by atoms with van der Waals surface area (Å²) in [5.74, 6) is -0.929.